The number of hydrogen-bond acceptors (Lipinski definition) is 1. The molecule has 76 valence electrons. The summed E-state index contributed by atoms with van der Waals surface area (Å²) in [5.41, 5.74) is 1.01. The van der Waals surface area contributed by atoms with E-state index in [1.807, 2.05) is 30.3 Å². The van der Waals surface area contributed by atoms with Gasteiger partial charge in [-0.3, -0.25) is 0 Å². The first-order chi connectivity index (χ1) is 6.74. The van der Waals surface area contributed by atoms with Gasteiger partial charge in [-0.15, -0.1) is 6.58 Å². The highest BCUT2D eigenvalue weighted by Gasteiger charge is 2.06. The van der Waals surface area contributed by atoms with E-state index >= 15 is 0 Å². The van der Waals surface area contributed by atoms with Crippen molar-refractivity contribution in [1.29, 1.82) is 0 Å². The lowest BCUT2D eigenvalue weighted by molar-refractivity contribution is 0.165. The van der Waals surface area contributed by atoms with Crippen LogP contribution in [0.4, 0.5) is 0 Å². The van der Waals surface area contributed by atoms with Crippen LogP contribution in [-0.2, 0) is 0 Å². The Labute approximate surface area is 99.0 Å². The minimum atomic E-state index is -0.329. The fourth-order valence-electron chi connectivity index (χ4n) is 1.34. The van der Waals surface area contributed by atoms with Crippen LogP contribution in [0.15, 0.2) is 36.9 Å². The van der Waals surface area contributed by atoms with E-state index in [4.69, 9.17) is 0 Å². The van der Waals surface area contributed by atoms with Crippen LogP contribution >= 0.6 is 22.6 Å². The van der Waals surface area contributed by atoms with E-state index in [0.717, 1.165) is 24.8 Å². The highest BCUT2D eigenvalue weighted by Crippen LogP contribution is 2.20. The standard InChI is InChI=1S/C12H15IO/c1-2-3-4-8-12(14)10-6-5-7-11(13)9-10/h2,5-7,9,12,14H,1,3-4,8H2. The fourth-order valence-corrected chi connectivity index (χ4v) is 1.90. The van der Waals surface area contributed by atoms with Gasteiger partial charge in [0.15, 0.2) is 0 Å². The summed E-state index contributed by atoms with van der Waals surface area (Å²) in [5.74, 6) is 0. The SMILES string of the molecule is C=CCCCC(O)c1cccc(I)c1. The summed E-state index contributed by atoms with van der Waals surface area (Å²) in [5, 5.41) is 9.83. The number of rotatable bonds is 5. The average Bonchev–Trinajstić information content (AvgIpc) is 2.18. The summed E-state index contributed by atoms with van der Waals surface area (Å²) >= 11 is 2.26. The van der Waals surface area contributed by atoms with Crippen LogP contribution in [0.25, 0.3) is 0 Å². The molecule has 0 heterocycles. The molecule has 0 aliphatic rings. The van der Waals surface area contributed by atoms with E-state index in [0.29, 0.717) is 0 Å². The molecule has 0 amide bonds. The molecule has 0 saturated heterocycles. The van der Waals surface area contributed by atoms with E-state index in [9.17, 15) is 5.11 Å². The van der Waals surface area contributed by atoms with Crippen LogP contribution in [0.2, 0.25) is 0 Å². The number of benzene rings is 1. The molecule has 14 heavy (non-hydrogen) atoms. The molecule has 0 radical (unpaired) electrons. The van der Waals surface area contributed by atoms with Gasteiger partial charge in [0.05, 0.1) is 6.10 Å². The summed E-state index contributed by atoms with van der Waals surface area (Å²) in [4.78, 5) is 0. The molecular formula is C12H15IO. The zero-order chi connectivity index (χ0) is 10.4. The Balaban J connectivity index is 2.51. The second kappa shape index (κ2) is 6.19. The molecule has 1 aromatic rings. The van der Waals surface area contributed by atoms with Gasteiger partial charge in [0.2, 0.25) is 0 Å². The first kappa shape index (κ1) is 11.7. The van der Waals surface area contributed by atoms with Crippen molar-refractivity contribution in [2.75, 3.05) is 0 Å². The molecular weight excluding hydrogens is 287 g/mol. The highest BCUT2D eigenvalue weighted by molar-refractivity contribution is 14.1. The topological polar surface area (TPSA) is 20.2 Å². The molecule has 1 rings (SSSR count). The normalized spacial score (nSPS) is 12.4. The van der Waals surface area contributed by atoms with Crippen molar-refractivity contribution < 1.29 is 5.11 Å². The predicted molar refractivity (Wildman–Crippen MR) is 68.2 cm³/mol. The zero-order valence-corrected chi connectivity index (χ0v) is 10.3. The number of halogens is 1. The number of hydrogen-bond donors (Lipinski definition) is 1. The Morgan fingerprint density at radius 1 is 1.50 bits per heavy atom. The molecule has 0 aliphatic heterocycles. The molecule has 0 spiro atoms. The molecule has 1 unspecified atom stereocenters. The molecule has 2 heteroatoms. The zero-order valence-electron chi connectivity index (χ0n) is 8.12. The van der Waals surface area contributed by atoms with E-state index in [1.54, 1.807) is 0 Å². The van der Waals surface area contributed by atoms with Gasteiger partial charge in [-0.1, -0.05) is 18.2 Å². The fraction of sp³-hybridized carbons (Fsp3) is 0.333. The second-order valence-electron chi connectivity index (χ2n) is 3.29. The largest absolute Gasteiger partial charge is 0.388 e. The van der Waals surface area contributed by atoms with E-state index in [2.05, 4.69) is 29.2 Å². The lowest BCUT2D eigenvalue weighted by atomic mass is 10.0. The molecule has 1 N–H and O–H groups in total. The van der Waals surface area contributed by atoms with Gasteiger partial charge in [-0.2, -0.15) is 0 Å². The minimum absolute atomic E-state index is 0.329. The van der Waals surface area contributed by atoms with Crippen molar-refractivity contribution in [1.82, 2.24) is 0 Å². The average molecular weight is 302 g/mol. The van der Waals surface area contributed by atoms with E-state index < -0.39 is 0 Å². The second-order valence-corrected chi connectivity index (χ2v) is 4.54. The van der Waals surface area contributed by atoms with Gasteiger partial charge in [0.25, 0.3) is 0 Å². The van der Waals surface area contributed by atoms with Gasteiger partial charge in [0.1, 0.15) is 0 Å². The van der Waals surface area contributed by atoms with Gasteiger partial charge in [0, 0.05) is 3.57 Å². The van der Waals surface area contributed by atoms with Gasteiger partial charge < -0.3 is 5.11 Å². The number of unbranched alkanes of at least 4 members (excludes halogenated alkanes) is 1. The minimum Gasteiger partial charge on any atom is -0.388 e. The summed E-state index contributed by atoms with van der Waals surface area (Å²) in [6.07, 6.45) is 4.34. The maximum Gasteiger partial charge on any atom is 0.0790 e. The van der Waals surface area contributed by atoms with Gasteiger partial charge in [-0.25, -0.2) is 0 Å². The smallest absolute Gasteiger partial charge is 0.0790 e. The third-order valence-electron chi connectivity index (χ3n) is 2.12. The van der Waals surface area contributed by atoms with Crippen LogP contribution in [0, 0.1) is 3.57 Å². The number of aliphatic hydroxyl groups excluding tert-OH is 1. The van der Waals surface area contributed by atoms with Crippen LogP contribution in [-0.4, -0.2) is 5.11 Å². The first-order valence-corrected chi connectivity index (χ1v) is 5.86. The molecule has 0 aliphatic carbocycles. The number of allylic oxidation sites excluding steroid dienone is 1. The molecule has 1 nitrogen and oxygen atoms in total. The van der Waals surface area contributed by atoms with Crippen molar-refractivity contribution in [3.8, 4) is 0 Å². The molecule has 1 atom stereocenters. The quantitative estimate of drug-likeness (QED) is 0.500. The predicted octanol–water partition coefficient (Wildman–Crippen LogP) is 3.68. The molecule has 0 fully saturated rings. The molecule has 0 aromatic heterocycles. The summed E-state index contributed by atoms with van der Waals surface area (Å²) < 4.78 is 1.17. The van der Waals surface area contributed by atoms with Crippen LogP contribution in [0.1, 0.15) is 30.9 Å². The van der Waals surface area contributed by atoms with E-state index in [1.165, 1.54) is 3.57 Å². The molecule has 0 saturated carbocycles. The molecule has 0 bridgehead atoms. The van der Waals surface area contributed by atoms with Crippen molar-refractivity contribution in [2.45, 2.75) is 25.4 Å². The Morgan fingerprint density at radius 3 is 2.93 bits per heavy atom. The highest BCUT2D eigenvalue weighted by atomic mass is 127. The third kappa shape index (κ3) is 3.80. The van der Waals surface area contributed by atoms with E-state index in [-0.39, 0.29) is 6.10 Å². The van der Waals surface area contributed by atoms with Crippen LogP contribution < -0.4 is 0 Å². The summed E-state index contributed by atoms with van der Waals surface area (Å²) in [6.45, 7) is 3.66. The molecule has 1 aromatic carbocycles. The van der Waals surface area contributed by atoms with Crippen LogP contribution in [0.3, 0.4) is 0 Å². The Kier molecular flexibility index (Phi) is 5.19. The lowest BCUT2D eigenvalue weighted by Gasteiger charge is -2.10. The van der Waals surface area contributed by atoms with Crippen LogP contribution in [0.5, 0.6) is 0 Å². The Bertz CT molecular complexity index is 296. The van der Waals surface area contributed by atoms with Crippen molar-refractivity contribution >= 4 is 22.6 Å². The van der Waals surface area contributed by atoms with Crippen molar-refractivity contribution in [3.63, 3.8) is 0 Å². The number of aliphatic hydroxyl groups is 1. The summed E-state index contributed by atoms with van der Waals surface area (Å²) in [7, 11) is 0. The lowest BCUT2D eigenvalue weighted by Crippen LogP contribution is -1.97. The summed E-state index contributed by atoms with van der Waals surface area (Å²) in [6, 6.07) is 8.01. The van der Waals surface area contributed by atoms with Gasteiger partial charge >= 0.3 is 0 Å². The Hall–Kier alpha value is -0.350. The van der Waals surface area contributed by atoms with Crippen molar-refractivity contribution in [3.05, 3.63) is 46.1 Å². The van der Waals surface area contributed by atoms with Crippen molar-refractivity contribution in [2.24, 2.45) is 0 Å². The monoisotopic (exact) mass is 302 g/mol. The Morgan fingerprint density at radius 2 is 2.29 bits per heavy atom. The maximum absolute atomic E-state index is 9.83. The first-order valence-electron chi connectivity index (χ1n) is 4.78. The third-order valence-corrected chi connectivity index (χ3v) is 2.79. The van der Waals surface area contributed by atoms with Gasteiger partial charge in [-0.05, 0) is 59.5 Å². The maximum atomic E-state index is 9.83.